The molecule has 186 valence electrons. The molecule has 16 heteroatoms. The molecule has 0 bridgehead atoms. The van der Waals surface area contributed by atoms with Gasteiger partial charge >= 0.3 is 27.7 Å². The molecule has 0 aromatic carbocycles. The SMILES string of the molecule is [Hg+2].[O-][Cl+3]([O-])([O-])[O-].[O-][Cl+3]([O-])([O-])[O-].c1ccc(COCc2cccc(COCc3ccccn3)n2)nc1. The van der Waals surface area contributed by atoms with Crippen molar-refractivity contribution in [2.45, 2.75) is 26.4 Å². The Kier molecular flexibility index (Phi) is 17.2. The third kappa shape index (κ3) is 22.8. The van der Waals surface area contributed by atoms with Gasteiger partial charge in [0.05, 0.1) is 49.2 Å². The van der Waals surface area contributed by atoms with Gasteiger partial charge in [-0.05, 0) is 36.4 Å². The van der Waals surface area contributed by atoms with Crippen molar-refractivity contribution in [3.8, 4) is 0 Å². The van der Waals surface area contributed by atoms with Gasteiger partial charge < -0.3 is 9.47 Å². The second-order valence-electron chi connectivity index (χ2n) is 6.00. The number of aromatic nitrogens is 3. The van der Waals surface area contributed by atoms with Crippen LogP contribution in [-0.2, 0) is 63.6 Å². The van der Waals surface area contributed by atoms with E-state index in [0.717, 1.165) is 22.8 Å². The summed E-state index contributed by atoms with van der Waals surface area (Å²) < 4.78 is 79.3. The average molecular weight is 721 g/mol. The number of halogens is 2. The Morgan fingerprint density at radius 3 is 1.14 bits per heavy atom. The Bertz CT molecular complexity index is 851. The summed E-state index contributed by atoms with van der Waals surface area (Å²) in [4.78, 5) is 13.0. The molecule has 3 rings (SSSR count). The van der Waals surface area contributed by atoms with Crippen molar-refractivity contribution >= 4 is 0 Å². The van der Waals surface area contributed by atoms with Gasteiger partial charge in [0.25, 0.3) is 0 Å². The van der Waals surface area contributed by atoms with E-state index in [9.17, 15) is 0 Å². The third-order valence-corrected chi connectivity index (χ3v) is 3.32. The number of hydrogen-bond acceptors (Lipinski definition) is 13. The molecule has 0 fully saturated rings. The number of nitrogens with zero attached hydrogens (tertiary/aromatic N) is 3. The summed E-state index contributed by atoms with van der Waals surface area (Å²) in [6.07, 6.45) is 3.52. The van der Waals surface area contributed by atoms with Crippen molar-refractivity contribution < 1.29 is 94.9 Å². The normalized spacial score (nSPS) is 10.7. The zero-order valence-electron chi connectivity index (χ0n) is 18.1. The van der Waals surface area contributed by atoms with Crippen LogP contribution in [0.5, 0.6) is 0 Å². The second kappa shape index (κ2) is 17.9. The van der Waals surface area contributed by atoms with Gasteiger partial charge in [0, 0.05) is 12.4 Å². The molecule has 0 atom stereocenters. The van der Waals surface area contributed by atoms with Gasteiger partial charge in [-0.25, -0.2) is 37.3 Å². The monoisotopic (exact) mass is 721 g/mol. The number of ether oxygens (including phenoxy) is 2. The number of hydrogen-bond donors (Lipinski definition) is 0. The molecule has 0 N–H and O–H groups in total. The van der Waals surface area contributed by atoms with Gasteiger partial charge in [0.2, 0.25) is 0 Å². The first-order chi connectivity index (χ1) is 15.9. The molecule has 0 amide bonds. The molecule has 3 heterocycles. The average Bonchev–Trinajstić information content (AvgIpc) is 2.73. The summed E-state index contributed by atoms with van der Waals surface area (Å²) >= 11 is 0. The van der Waals surface area contributed by atoms with E-state index < -0.39 is 20.5 Å². The summed E-state index contributed by atoms with van der Waals surface area (Å²) in [6.45, 7) is 1.85. The van der Waals surface area contributed by atoms with Gasteiger partial charge in [-0.3, -0.25) is 15.0 Å². The predicted molar refractivity (Wildman–Crippen MR) is 89.7 cm³/mol. The summed E-state index contributed by atoms with van der Waals surface area (Å²) in [5.74, 6) is 0. The fraction of sp³-hybridized carbons (Fsp3) is 0.211. The summed E-state index contributed by atoms with van der Waals surface area (Å²) in [5, 5.41) is 0. The smallest absolute Gasteiger partial charge is 0.369 e. The van der Waals surface area contributed by atoms with Gasteiger partial charge in [0.1, 0.15) is 0 Å². The fourth-order valence-corrected chi connectivity index (χ4v) is 2.18. The van der Waals surface area contributed by atoms with Crippen molar-refractivity contribution in [3.05, 3.63) is 89.8 Å². The Hall–Kier alpha value is -1.43. The first-order valence-electron chi connectivity index (χ1n) is 9.04. The largest absolute Gasteiger partial charge is 2.00 e. The van der Waals surface area contributed by atoms with E-state index in [0.29, 0.717) is 26.4 Å². The summed E-state index contributed by atoms with van der Waals surface area (Å²) in [5.41, 5.74) is 3.58. The minimum atomic E-state index is -4.94. The zero-order valence-corrected chi connectivity index (χ0v) is 25.1. The quantitative estimate of drug-likeness (QED) is 0.197. The Morgan fingerprint density at radius 1 is 0.514 bits per heavy atom. The van der Waals surface area contributed by atoms with Crippen LogP contribution in [0.3, 0.4) is 0 Å². The maximum Gasteiger partial charge on any atom is 2.00 e. The van der Waals surface area contributed by atoms with Crippen molar-refractivity contribution in [1.82, 2.24) is 15.0 Å². The fourth-order valence-electron chi connectivity index (χ4n) is 2.18. The molecular weight excluding hydrogens is 702 g/mol. The van der Waals surface area contributed by atoms with Crippen LogP contribution in [0.25, 0.3) is 0 Å². The predicted octanol–water partition coefficient (Wildman–Crippen LogP) is -6.21. The molecule has 0 saturated carbocycles. The molecule has 3 aromatic heterocycles. The molecule has 13 nitrogen and oxygen atoms in total. The Balaban J connectivity index is 0.000000894. The topological polar surface area (TPSA) is 242 Å². The van der Waals surface area contributed by atoms with Gasteiger partial charge in [0.15, 0.2) is 0 Å². The Labute approximate surface area is 225 Å². The molecule has 0 aliphatic rings. The van der Waals surface area contributed by atoms with E-state index in [2.05, 4.69) is 15.0 Å². The van der Waals surface area contributed by atoms with Crippen LogP contribution in [-0.4, -0.2) is 15.0 Å². The second-order valence-corrected chi connectivity index (χ2v) is 7.52. The van der Waals surface area contributed by atoms with Gasteiger partial charge in [-0.1, -0.05) is 18.2 Å². The summed E-state index contributed by atoms with van der Waals surface area (Å²) in [7, 11) is -9.89. The molecule has 0 unspecified atom stereocenters. The van der Waals surface area contributed by atoms with Crippen molar-refractivity contribution in [2.24, 2.45) is 0 Å². The van der Waals surface area contributed by atoms with Crippen molar-refractivity contribution in [3.63, 3.8) is 0 Å². The molecule has 0 saturated heterocycles. The standard InChI is InChI=1S/C19H19N3O2.2ClHO4.Hg/c1-3-10-20-16(6-1)12-23-14-18-8-5-9-19(22-18)15-24-13-17-7-2-4-11-21-17;2*2-1(3,4)5;/h1-11H,12-15H2;2*(H,2,3,4,5);/q;;;+2/p-2. The van der Waals surface area contributed by atoms with E-state index >= 15 is 0 Å². The molecular formula is C19H19Cl2HgN3O10. The van der Waals surface area contributed by atoms with E-state index in [1.54, 1.807) is 12.4 Å². The van der Waals surface area contributed by atoms with Crippen LogP contribution in [0.2, 0.25) is 0 Å². The molecule has 0 spiro atoms. The first-order valence-corrected chi connectivity index (χ1v) is 11.5. The molecule has 0 aliphatic heterocycles. The number of rotatable bonds is 8. The van der Waals surface area contributed by atoms with E-state index in [-0.39, 0.29) is 27.7 Å². The van der Waals surface area contributed by atoms with Crippen molar-refractivity contribution in [2.75, 3.05) is 0 Å². The van der Waals surface area contributed by atoms with Crippen LogP contribution in [0.15, 0.2) is 67.0 Å². The van der Waals surface area contributed by atoms with E-state index in [1.807, 2.05) is 54.6 Å². The van der Waals surface area contributed by atoms with Crippen LogP contribution in [0.1, 0.15) is 22.8 Å². The molecule has 3 aromatic rings. The third-order valence-electron chi connectivity index (χ3n) is 3.32. The maximum absolute atomic E-state index is 8.49. The maximum atomic E-state index is 8.49. The molecule has 0 aliphatic carbocycles. The van der Waals surface area contributed by atoms with Crippen molar-refractivity contribution in [1.29, 1.82) is 0 Å². The van der Waals surface area contributed by atoms with Crippen LogP contribution in [0, 0.1) is 20.5 Å². The zero-order chi connectivity index (χ0) is 25.5. The van der Waals surface area contributed by atoms with Gasteiger partial charge in [-0.15, -0.1) is 20.5 Å². The minimum Gasteiger partial charge on any atom is -0.369 e. The van der Waals surface area contributed by atoms with Gasteiger partial charge in [-0.2, -0.15) is 0 Å². The molecule has 35 heavy (non-hydrogen) atoms. The van der Waals surface area contributed by atoms with Crippen LogP contribution >= 0.6 is 0 Å². The van der Waals surface area contributed by atoms with Crippen LogP contribution in [0.4, 0.5) is 0 Å². The number of pyridine rings is 3. The van der Waals surface area contributed by atoms with E-state index in [4.69, 9.17) is 46.7 Å². The minimum absolute atomic E-state index is 0. The summed E-state index contributed by atoms with van der Waals surface area (Å²) in [6, 6.07) is 17.4. The molecule has 0 radical (unpaired) electrons. The Morgan fingerprint density at radius 2 is 0.829 bits per heavy atom. The van der Waals surface area contributed by atoms with Crippen LogP contribution < -0.4 is 37.3 Å². The first kappa shape index (κ1) is 33.6. The van der Waals surface area contributed by atoms with E-state index in [1.165, 1.54) is 0 Å².